The van der Waals surface area contributed by atoms with E-state index in [4.69, 9.17) is 9.05 Å². The molecule has 3 atom stereocenters. The number of aliphatic hydroxyl groups is 1. The third kappa shape index (κ3) is 49.3. The Labute approximate surface area is 407 Å². The van der Waals surface area contributed by atoms with Crippen LogP contribution in [-0.4, -0.2) is 73.4 Å². The van der Waals surface area contributed by atoms with E-state index in [0.717, 1.165) is 89.9 Å². The summed E-state index contributed by atoms with van der Waals surface area (Å²) in [7, 11) is 1.56. The maximum atomic E-state index is 12.8. The van der Waals surface area contributed by atoms with Crippen molar-refractivity contribution in [3.05, 3.63) is 97.2 Å². The second kappa shape index (κ2) is 47.5. The van der Waals surface area contributed by atoms with Crippen molar-refractivity contribution < 1.29 is 32.9 Å². The lowest BCUT2D eigenvalue weighted by atomic mass is 10.0. The number of carbonyl (C=O) groups is 1. The van der Waals surface area contributed by atoms with Crippen LogP contribution in [0.2, 0.25) is 0 Å². The van der Waals surface area contributed by atoms with E-state index < -0.39 is 20.0 Å². The SMILES string of the molecule is CC/C=C\C/C=C\C/C=C\C/C=C\C/C=C\C/C=C\C/C=C\CCCCCCCCCCCCCCCCCCCC(=O)NC(COP(=O)(O)OCC[N+](C)(C)C)C(O)/C=C/CCCCC. The minimum atomic E-state index is -4.33. The zero-order chi connectivity index (χ0) is 48.5. The molecule has 0 saturated heterocycles. The number of nitrogens with zero attached hydrogens (tertiary/aromatic N) is 1. The molecule has 0 rings (SSSR count). The van der Waals surface area contributed by atoms with E-state index in [1.807, 2.05) is 27.2 Å². The highest BCUT2D eigenvalue weighted by molar-refractivity contribution is 7.47. The maximum absolute atomic E-state index is 12.8. The van der Waals surface area contributed by atoms with Crippen molar-refractivity contribution in [3.8, 4) is 0 Å². The van der Waals surface area contributed by atoms with Crippen molar-refractivity contribution in [3.63, 3.8) is 0 Å². The third-order valence-electron chi connectivity index (χ3n) is 11.3. The molecule has 66 heavy (non-hydrogen) atoms. The molecule has 3 unspecified atom stereocenters. The van der Waals surface area contributed by atoms with Crippen LogP contribution in [-0.2, 0) is 18.4 Å². The Morgan fingerprint density at radius 3 is 1.33 bits per heavy atom. The highest BCUT2D eigenvalue weighted by Crippen LogP contribution is 2.43. The van der Waals surface area contributed by atoms with Crippen molar-refractivity contribution in [2.24, 2.45) is 0 Å². The van der Waals surface area contributed by atoms with Gasteiger partial charge in [-0.2, -0.15) is 0 Å². The van der Waals surface area contributed by atoms with Crippen molar-refractivity contribution >= 4 is 13.7 Å². The van der Waals surface area contributed by atoms with Crippen LogP contribution in [0, 0.1) is 0 Å². The highest BCUT2D eigenvalue weighted by atomic mass is 31.2. The van der Waals surface area contributed by atoms with Crippen LogP contribution < -0.4 is 5.32 Å². The van der Waals surface area contributed by atoms with Crippen molar-refractivity contribution in [1.29, 1.82) is 0 Å². The lowest BCUT2D eigenvalue weighted by Gasteiger charge is -2.25. The van der Waals surface area contributed by atoms with Gasteiger partial charge in [0.05, 0.1) is 39.9 Å². The van der Waals surface area contributed by atoms with Crippen molar-refractivity contribution in [1.82, 2.24) is 5.32 Å². The standard InChI is InChI=1S/C57H101N2O6P/c1-6-8-10-12-13-14-15-16-17-18-19-20-21-22-23-24-25-26-27-28-29-30-31-32-33-34-35-36-37-38-39-40-41-42-43-44-45-47-49-51-57(61)58-55(56(60)50-48-46-11-9-7-2)54-65-66(62,63)64-53-52-59(3,4)5/h8,10,13-14,16-17,19-20,22-23,25-26,28-29,48,50,55-56,60H,6-7,9,11-12,15,18,21,24,27,30-47,49,51-54H2,1-5H3,(H-,58,61,62,63)/p+1/b10-8-,14-13-,17-16-,20-19-,23-22-,26-25-,29-28-,50-48+. The topological polar surface area (TPSA) is 105 Å². The summed E-state index contributed by atoms with van der Waals surface area (Å²) >= 11 is 0. The van der Waals surface area contributed by atoms with Gasteiger partial charge < -0.3 is 19.8 Å². The second-order valence-electron chi connectivity index (χ2n) is 18.9. The van der Waals surface area contributed by atoms with Gasteiger partial charge in [-0.3, -0.25) is 13.8 Å². The van der Waals surface area contributed by atoms with E-state index >= 15 is 0 Å². The van der Waals surface area contributed by atoms with E-state index in [9.17, 15) is 19.4 Å². The fourth-order valence-corrected chi connectivity index (χ4v) is 7.87. The summed E-state index contributed by atoms with van der Waals surface area (Å²) in [6, 6.07) is -0.845. The largest absolute Gasteiger partial charge is 0.472 e. The number of allylic oxidation sites excluding steroid dienone is 15. The summed E-state index contributed by atoms with van der Waals surface area (Å²) in [4.78, 5) is 23.0. The molecular weight excluding hydrogens is 840 g/mol. The first-order valence-electron chi connectivity index (χ1n) is 26.6. The van der Waals surface area contributed by atoms with Crippen LogP contribution in [0.5, 0.6) is 0 Å². The molecule has 0 aliphatic carbocycles. The van der Waals surface area contributed by atoms with Gasteiger partial charge in [0.2, 0.25) is 5.91 Å². The van der Waals surface area contributed by atoms with Gasteiger partial charge in [-0.05, 0) is 77.0 Å². The average molecular weight is 942 g/mol. The van der Waals surface area contributed by atoms with Gasteiger partial charge in [-0.15, -0.1) is 0 Å². The van der Waals surface area contributed by atoms with Gasteiger partial charge >= 0.3 is 7.82 Å². The first kappa shape index (κ1) is 63.4. The van der Waals surface area contributed by atoms with E-state index in [2.05, 4.69) is 104 Å². The minimum Gasteiger partial charge on any atom is -0.387 e. The predicted molar refractivity (Wildman–Crippen MR) is 286 cm³/mol. The Morgan fingerprint density at radius 1 is 0.530 bits per heavy atom. The molecule has 9 heteroatoms. The van der Waals surface area contributed by atoms with Gasteiger partial charge in [-0.1, -0.05) is 220 Å². The lowest BCUT2D eigenvalue weighted by Crippen LogP contribution is -2.45. The number of amides is 1. The van der Waals surface area contributed by atoms with Crippen LogP contribution in [0.3, 0.4) is 0 Å². The Morgan fingerprint density at radius 2 is 0.909 bits per heavy atom. The number of phosphoric acid groups is 1. The molecule has 0 aromatic heterocycles. The number of carbonyl (C=O) groups excluding carboxylic acids is 1. The number of hydrogen-bond donors (Lipinski definition) is 3. The van der Waals surface area contributed by atoms with Gasteiger partial charge in [0.25, 0.3) is 0 Å². The van der Waals surface area contributed by atoms with E-state index in [1.54, 1.807) is 6.08 Å². The number of unbranched alkanes of at least 4 members (excludes halogenated alkanes) is 20. The number of nitrogens with one attached hydrogen (secondary N) is 1. The van der Waals surface area contributed by atoms with E-state index in [0.29, 0.717) is 17.4 Å². The summed E-state index contributed by atoms with van der Waals surface area (Å²) in [6.45, 7) is 4.57. The Kier molecular flexibility index (Phi) is 45.6. The van der Waals surface area contributed by atoms with Crippen LogP contribution >= 0.6 is 7.82 Å². The van der Waals surface area contributed by atoms with Crippen LogP contribution in [0.1, 0.15) is 206 Å². The summed E-state index contributed by atoms with van der Waals surface area (Å²) in [5.41, 5.74) is 0. The zero-order valence-corrected chi connectivity index (χ0v) is 44.0. The fourth-order valence-electron chi connectivity index (χ4n) is 7.14. The number of hydrogen-bond acceptors (Lipinski definition) is 5. The minimum absolute atomic E-state index is 0.0581. The summed E-state index contributed by atoms with van der Waals surface area (Å²) < 4.78 is 23.4. The lowest BCUT2D eigenvalue weighted by molar-refractivity contribution is -0.870. The molecule has 0 saturated carbocycles. The summed E-state index contributed by atoms with van der Waals surface area (Å²) in [5.74, 6) is -0.187. The molecule has 1 amide bonds. The molecule has 0 aromatic rings. The first-order valence-corrected chi connectivity index (χ1v) is 28.1. The molecular formula is C57H102N2O6P+. The highest BCUT2D eigenvalue weighted by Gasteiger charge is 2.27. The van der Waals surface area contributed by atoms with Crippen molar-refractivity contribution in [2.45, 2.75) is 219 Å². The maximum Gasteiger partial charge on any atom is 0.472 e. The van der Waals surface area contributed by atoms with Gasteiger partial charge in [0.15, 0.2) is 0 Å². The van der Waals surface area contributed by atoms with Crippen LogP contribution in [0.4, 0.5) is 0 Å². The Hall–Kier alpha value is -2.58. The molecule has 380 valence electrons. The molecule has 0 heterocycles. The number of likely N-dealkylation sites (N-methyl/N-ethyl adjacent to an activating group) is 1. The normalized spacial score (nSPS) is 14.8. The van der Waals surface area contributed by atoms with Gasteiger partial charge in [0, 0.05) is 6.42 Å². The monoisotopic (exact) mass is 942 g/mol. The number of phosphoric ester groups is 1. The summed E-state index contributed by atoms with van der Waals surface area (Å²) in [6.07, 6.45) is 68.5. The molecule has 0 fully saturated rings. The molecule has 3 N–H and O–H groups in total. The molecule has 0 aliphatic rings. The second-order valence-corrected chi connectivity index (χ2v) is 20.3. The van der Waals surface area contributed by atoms with E-state index in [1.165, 1.54) is 96.3 Å². The van der Waals surface area contributed by atoms with Crippen molar-refractivity contribution in [2.75, 3.05) is 40.9 Å². The quantitative estimate of drug-likeness (QED) is 0.0243. The third-order valence-corrected chi connectivity index (χ3v) is 12.3. The van der Waals surface area contributed by atoms with Gasteiger partial charge in [0.1, 0.15) is 13.2 Å². The zero-order valence-electron chi connectivity index (χ0n) is 43.1. The summed E-state index contributed by atoms with van der Waals surface area (Å²) in [5, 5.41) is 13.6. The van der Waals surface area contributed by atoms with Crippen LogP contribution in [0.25, 0.3) is 0 Å². The van der Waals surface area contributed by atoms with Gasteiger partial charge in [-0.25, -0.2) is 4.57 Å². The smallest absolute Gasteiger partial charge is 0.387 e. The van der Waals surface area contributed by atoms with E-state index in [-0.39, 0.29) is 19.1 Å². The number of quaternary nitrogens is 1. The predicted octanol–water partition coefficient (Wildman–Crippen LogP) is 15.9. The Bertz CT molecular complexity index is 1390. The Balaban J connectivity index is 3.80. The molecule has 0 radical (unpaired) electrons. The molecule has 0 bridgehead atoms. The fraction of sp³-hybridized carbons (Fsp3) is 0.702. The molecule has 0 spiro atoms. The number of aliphatic hydroxyl groups excluding tert-OH is 1. The first-order chi connectivity index (χ1) is 32.0. The van der Waals surface area contributed by atoms with Crippen LogP contribution in [0.15, 0.2) is 97.2 Å². The molecule has 0 aromatic carbocycles. The molecule has 0 aliphatic heterocycles. The average Bonchev–Trinajstić information content (AvgIpc) is 3.27. The number of rotatable bonds is 47. The molecule has 8 nitrogen and oxygen atoms in total.